The van der Waals surface area contributed by atoms with Crippen molar-refractivity contribution in [2.45, 2.75) is 43.9 Å². The fourth-order valence-corrected chi connectivity index (χ4v) is 4.65. The maximum atomic E-state index is 12.7. The summed E-state index contributed by atoms with van der Waals surface area (Å²) in [5.74, 6) is 0.735. The molecule has 4 rings (SSSR count). The zero-order chi connectivity index (χ0) is 22.5. The van der Waals surface area contributed by atoms with Crippen LogP contribution in [0.1, 0.15) is 37.0 Å². The lowest BCUT2D eigenvalue weighted by molar-refractivity contribution is -0.119. The number of morpholine rings is 1. The molecule has 7 nitrogen and oxygen atoms in total. The lowest BCUT2D eigenvalue weighted by Crippen LogP contribution is -2.48. The van der Waals surface area contributed by atoms with Gasteiger partial charge in [-0.2, -0.15) is 0 Å². The first-order chi connectivity index (χ1) is 15.5. The third-order valence-corrected chi connectivity index (χ3v) is 6.49. The molecule has 2 N–H and O–H groups in total. The molecule has 2 aromatic rings. The first-order valence-electron chi connectivity index (χ1n) is 11.4. The van der Waals surface area contributed by atoms with Crippen molar-refractivity contribution in [3.63, 3.8) is 0 Å². The highest BCUT2D eigenvalue weighted by Crippen LogP contribution is 2.26. The van der Waals surface area contributed by atoms with Crippen molar-refractivity contribution in [1.82, 2.24) is 20.5 Å². The predicted octanol–water partition coefficient (Wildman–Crippen LogP) is 2.69. The Hall–Kier alpha value is -2.16. The third-order valence-electron chi connectivity index (χ3n) is 5.57. The fourth-order valence-electron chi connectivity index (χ4n) is 3.91. The van der Waals surface area contributed by atoms with Crippen LogP contribution in [-0.4, -0.2) is 72.4 Å². The lowest BCUT2D eigenvalue weighted by Gasteiger charge is -2.33. The van der Waals surface area contributed by atoms with Gasteiger partial charge in [0.05, 0.1) is 34.6 Å². The molecule has 2 heterocycles. The predicted molar refractivity (Wildman–Crippen MR) is 127 cm³/mol. The van der Waals surface area contributed by atoms with Gasteiger partial charge in [0.1, 0.15) is 0 Å². The minimum atomic E-state index is -0.0715. The molecule has 32 heavy (non-hydrogen) atoms. The highest BCUT2D eigenvalue weighted by Gasteiger charge is 2.25. The highest BCUT2D eigenvalue weighted by molar-refractivity contribution is 7.99. The van der Waals surface area contributed by atoms with Gasteiger partial charge in [-0.3, -0.25) is 14.5 Å². The van der Waals surface area contributed by atoms with Gasteiger partial charge in [-0.1, -0.05) is 43.8 Å². The Morgan fingerprint density at radius 1 is 1.28 bits per heavy atom. The lowest BCUT2D eigenvalue weighted by atomic mass is 10.1. The second-order valence-electron chi connectivity index (χ2n) is 9.01. The van der Waals surface area contributed by atoms with E-state index in [0.29, 0.717) is 29.7 Å². The number of carbonyl (C=O) groups is 2. The first-order valence-corrected chi connectivity index (χ1v) is 12.4. The summed E-state index contributed by atoms with van der Waals surface area (Å²) in [6, 6.07) is 9.72. The minimum absolute atomic E-state index is 0.0213. The summed E-state index contributed by atoms with van der Waals surface area (Å²) in [5, 5.41) is 7.55. The van der Waals surface area contributed by atoms with Crippen LogP contribution in [0.5, 0.6) is 0 Å². The number of nitrogens with one attached hydrogen (secondary N) is 2. The van der Waals surface area contributed by atoms with Crippen molar-refractivity contribution in [1.29, 1.82) is 0 Å². The van der Waals surface area contributed by atoms with Gasteiger partial charge >= 0.3 is 0 Å². The Balaban J connectivity index is 1.32. The number of para-hydroxylation sites is 1. The van der Waals surface area contributed by atoms with Gasteiger partial charge < -0.3 is 15.4 Å². The molecular weight excluding hydrogens is 424 g/mol. The summed E-state index contributed by atoms with van der Waals surface area (Å²) in [6.07, 6.45) is 2.10. The largest absolute Gasteiger partial charge is 0.374 e. The standard InChI is InChI=1S/C24H32N4O3S/c1-16(2)13-28-9-10-31-18(14-28)12-25-22(29)15-32-23-11-20(24(30)26-17-7-8-17)19-5-3-4-6-21(19)27-23/h3-6,11,16-18H,7-10,12-15H2,1-2H3,(H,25,29)(H,26,30)/t18-/m0/s1. The molecule has 2 fully saturated rings. The second kappa shape index (κ2) is 10.6. The van der Waals surface area contributed by atoms with E-state index in [1.807, 2.05) is 24.3 Å². The van der Waals surface area contributed by atoms with E-state index >= 15 is 0 Å². The normalized spacial score (nSPS) is 19.3. The SMILES string of the molecule is CC(C)CN1CCO[C@@H](CNC(=O)CSc2cc(C(=O)NC3CC3)c3ccccc3n2)C1. The molecule has 0 radical (unpaired) electrons. The molecule has 1 aromatic heterocycles. The van der Waals surface area contributed by atoms with Crippen LogP contribution in [-0.2, 0) is 9.53 Å². The molecule has 1 atom stereocenters. The van der Waals surface area contributed by atoms with Crippen molar-refractivity contribution in [2.24, 2.45) is 5.92 Å². The molecule has 2 aliphatic rings. The Morgan fingerprint density at radius 3 is 2.88 bits per heavy atom. The van der Waals surface area contributed by atoms with Crippen molar-refractivity contribution < 1.29 is 14.3 Å². The molecular formula is C24H32N4O3S. The molecule has 0 unspecified atom stereocenters. The number of hydrogen-bond donors (Lipinski definition) is 2. The number of pyridine rings is 1. The van der Waals surface area contributed by atoms with Gasteiger partial charge in [0.25, 0.3) is 5.91 Å². The van der Waals surface area contributed by atoms with E-state index in [2.05, 4.69) is 34.4 Å². The number of carbonyl (C=O) groups excluding carboxylic acids is 2. The number of nitrogens with zero attached hydrogens (tertiary/aromatic N) is 2. The first kappa shape index (κ1) is 23.0. The number of fused-ring (bicyclic) bond motifs is 1. The number of thioether (sulfide) groups is 1. The van der Waals surface area contributed by atoms with E-state index in [9.17, 15) is 9.59 Å². The van der Waals surface area contributed by atoms with E-state index in [0.717, 1.165) is 43.4 Å². The van der Waals surface area contributed by atoms with Crippen LogP contribution >= 0.6 is 11.8 Å². The van der Waals surface area contributed by atoms with E-state index in [-0.39, 0.29) is 29.7 Å². The summed E-state index contributed by atoms with van der Waals surface area (Å²) in [4.78, 5) is 32.2. The van der Waals surface area contributed by atoms with Gasteiger partial charge in [-0.05, 0) is 30.9 Å². The number of hydrogen-bond acceptors (Lipinski definition) is 6. The van der Waals surface area contributed by atoms with E-state index < -0.39 is 0 Å². The molecule has 1 aliphatic carbocycles. The minimum Gasteiger partial charge on any atom is -0.374 e. The van der Waals surface area contributed by atoms with Gasteiger partial charge in [0, 0.05) is 37.6 Å². The van der Waals surface area contributed by atoms with Crippen LogP contribution in [0.25, 0.3) is 10.9 Å². The van der Waals surface area contributed by atoms with Gasteiger partial charge in [-0.25, -0.2) is 4.98 Å². The summed E-state index contributed by atoms with van der Waals surface area (Å²) in [7, 11) is 0. The molecule has 1 aromatic carbocycles. The van der Waals surface area contributed by atoms with Crippen molar-refractivity contribution in [2.75, 3.05) is 38.5 Å². The van der Waals surface area contributed by atoms with Crippen molar-refractivity contribution in [3.8, 4) is 0 Å². The molecule has 0 bridgehead atoms. The molecule has 2 amide bonds. The average molecular weight is 457 g/mol. The van der Waals surface area contributed by atoms with Crippen LogP contribution in [0, 0.1) is 5.92 Å². The van der Waals surface area contributed by atoms with E-state index in [1.54, 1.807) is 6.07 Å². The maximum absolute atomic E-state index is 12.7. The number of benzene rings is 1. The summed E-state index contributed by atoms with van der Waals surface area (Å²) in [5.41, 5.74) is 1.38. The summed E-state index contributed by atoms with van der Waals surface area (Å²) >= 11 is 1.35. The molecule has 1 aliphatic heterocycles. The zero-order valence-electron chi connectivity index (χ0n) is 18.8. The summed E-state index contributed by atoms with van der Waals surface area (Å²) in [6.45, 7) is 8.48. The quantitative estimate of drug-likeness (QED) is 0.565. The van der Waals surface area contributed by atoms with Gasteiger partial charge in [0.15, 0.2) is 0 Å². The van der Waals surface area contributed by atoms with Crippen LogP contribution in [0.4, 0.5) is 0 Å². The van der Waals surface area contributed by atoms with Crippen LogP contribution in [0.2, 0.25) is 0 Å². The van der Waals surface area contributed by atoms with E-state index in [4.69, 9.17) is 4.74 Å². The number of aromatic nitrogens is 1. The number of amides is 2. The van der Waals surface area contributed by atoms with Crippen molar-refractivity contribution >= 4 is 34.5 Å². The van der Waals surface area contributed by atoms with Crippen molar-refractivity contribution in [3.05, 3.63) is 35.9 Å². The van der Waals surface area contributed by atoms with Crippen LogP contribution in [0.3, 0.4) is 0 Å². The smallest absolute Gasteiger partial charge is 0.252 e. The average Bonchev–Trinajstić information content (AvgIpc) is 3.59. The number of ether oxygens (including phenoxy) is 1. The Labute approximate surface area is 193 Å². The van der Waals surface area contributed by atoms with E-state index in [1.165, 1.54) is 11.8 Å². The molecule has 8 heteroatoms. The maximum Gasteiger partial charge on any atom is 0.252 e. The Morgan fingerprint density at radius 2 is 2.09 bits per heavy atom. The van der Waals surface area contributed by atoms with Gasteiger partial charge in [-0.15, -0.1) is 0 Å². The fraction of sp³-hybridized carbons (Fsp3) is 0.542. The molecule has 0 spiro atoms. The monoisotopic (exact) mass is 456 g/mol. The third kappa shape index (κ3) is 6.43. The number of rotatable bonds is 9. The molecule has 172 valence electrons. The highest BCUT2D eigenvalue weighted by atomic mass is 32.2. The van der Waals surface area contributed by atoms with Gasteiger partial charge in [0.2, 0.25) is 5.91 Å². The summed E-state index contributed by atoms with van der Waals surface area (Å²) < 4.78 is 5.81. The Bertz CT molecular complexity index is 963. The van der Waals surface area contributed by atoms with Crippen LogP contribution < -0.4 is 10.6 Å². The molecule has 1 saturated carbocycles. The van der Waals surface area contributed by atoms with Crippen LogP contribution in [0.15, 0.2) is 35.4 Å². The topological polar surface area (TPSA) is 83.6 Å². The molecule has 1 saturated heterocycles. The Kier molecular flexibility index (Phi) is 7.65. The zero-order valence-corrected chi connectivity index (χ0v) is 19.6. The second-order valence-corrected chi connectivity index (χ2v) is 10.0.